The van der Waals surface area contributed by atoms with E-state index in [4.69, 9.17) is 5.11 Å². The van der Waals surface area contributed by atoms with Crippen LogP contribution in [-0.4, -0.2) is 35.1 Å². The fourth-order valence-corrected chi connectivity index (χ4v) is 2.67. The molecule has 0 spiro atoms. The van der Waals surface area contributed by atoms with Crippen molar-refractivity contribution in [3.05, 3.63) is 35.9 Å². The predicted octanol–water partition coefficient (Wildman–Crippen LogP) is 2.25. The van der Waals surface area contributed by atoms with Crippen molar-refractivity contribution in [2.75, 3.05) is 13.1 Å². The zero-order valence-corrected chi connectivity index (χ0v) is 11.6. The van der Waals surface area contributed by atoms with Crippen molar-refractivity contribution in [2.45, 2.75) is 25.8 Å². The standard InChI is InChI=1S/C15H20N2O3/c1-2-16-15(20)17-10-12(14(18)19)8-9-13(17)11-6-4-3-5-7-11/h3-7,12-13H,2,8-10H2,1H3,(H,16,20)(H,18,19). The number of carbonyl (C=O) groups is 2. The van der Waals surface area contributed by atoms with E-state index in [0.29, 0.717) is 19.4 Å². The number of piperidine rings is 1. The molecule has 1 aromatic carbocycles. The molecule has 0 aliphatic carbocycles. The molecule has 2 rings (SSSR count). The number of urea groups is 1. The number of nitrogens with zero attached hydrogens (tertiary/aromatic N) is 1. The first-order chi connectivity index (χ1) is 9.63. The summed E-state index contributed by atoms with van der Waals surface area (Å²) < 4.78 is 0. The Labute approximate surface area is 118 Å². The Hall–Kier alpha value is -2.04. The van der Waals surface area contributed by atoms with Gasteiger partial charge in [-0.1, -0.05) is 30.3 Å². The lowest BCUT2D eigenvalue weighted by Gasteiger charge is -2.38. The fourth-order valence-electron chi connectivity index (χ4n) is 2.67. The average Bonchev–Trinajstić information content (AvgIpc) is 2.47. The third-order valence-electron chi connectivity index (χ3n) is 3.70. The number of hydrogen-bond acceptors (Lipinski definition) is 2. The summed E-state index contributed by atoms with van der Waals surface area (Å²) in [5.74, 6) is -1.30. The van der Waals surface area contributed by atoms with Crippen molar-refractivity contribution in [1.82, 2.24) is 10.2 Å². The van der Waals surface area contributed by atoms with Crippen LogP contribution in [0.4, 0.5) is 4.79 Å². The summed E-state index contributed by atoms with van der Waals surface area (Å²) in [5, 5.41) is 11.9. The third kappa shape index (κ3) is 3.10. The molecule has 0 saturated carbocycles. The van der Waals surface area contributed by atoms with Gasteiger partial charge in [0.05, 0.1) is 12.0 Å². The molecule has 0 radical (unpaired) electrons. The van der Waals surface area contributed by atoms with Crippen molar-refractivity contribution in [3.8, 4) is 0 Å². The van der Waals surface area contributed by atoms with Gasteiger partial charge in [-0.05, 0) is 25.3 Å². The number of aliphatic carboxylic acids is 1. The molecule has 1 aliphatic heterocycles. The number of benzene rings is 1. The van der Waals surface area contributed by atoms with Crippen LogP contribution in [0.1, 0.15) is 31.4 Å². The second-order valence-electron chi connectivity index (χ2n) is 5.03. The highest BCUT2D eigenvalue weighted by Gasteiger charge is 2.35. The summed E-state index contributed by atoms with van der Waals surface area (Å²) in [4.78, 5) is 25.0. The van der Waals surface area contributed by atoms with Crippen LogP contribution < -0.4 is 5.32 Å². The summed E-state index contributed by atoms with van der Waals surface area (Å²) in [5.41, 5.74) is 1.06. The molecular weight excluding hydrogens is 256 g/mol. The van der Waals surface area contributed by atoms with E-state index in [0.717, 1.165) is 5.56 Å². The minimum Gasteiger partial charge on any atom is -0.481 e. The van der Waals surface area contributed by atoms with Gasteiger partial charge < -0.3 is 15.3 Å². The van der Waals surface area contributed by atoms with Crippen LogP contribution in [0.15, 0.2) is 30.3 Å². The minimum absolute atomic E-state index is 0.0432. The number of carboxylic acids is 1. The molecule has 5 heteroatoms. The maximum Gasteiger partial charge on any atom is 0.317 e. The molecule has 1 aromatic rings. The summed E-state index contributed by atoms with van der Waals surface area (Å²) in [6.45, 7) is 2.66. The molecule has 2 atom stereocenters. The molecule has 108 valence electrons. The van der Waals surface area contributed by atoms with Gasteiger partial charge in [-0.15, -0.1) is 0 Å². The summed E-state index contributed by atoms with van der Waals surface area (Å²) in [6, 6.07) is 9.55. The average molecular weight is 276 g/mol. The highest BCUT2D eigenvalue weighted by Crippen LogP contribution is 2.33. The first-order valence-corrected chi connectivity index (χ1v) is 6.95. The van der Waals surface area contributed by atoms with E-state index in [9.17, 15) is 9.59 Å². The van der Waals surface area contributed by atoms with Gasteiger partial charge in [0, 0.05) is 13.1 Å². The first-order valence-electron chi connectivity index (χ1n) is 6.95. The normalized spacial score (nSPS) is 22.4. The lowest BCUT2D eigenvalue weighted by molar-refractivity contribution is -0.143. The Bertz CT molecular complexity index is 475. The van der Waals surface area contributed by atoms with Crippen LogP contribution in [0, 0.1) is 5.92 Å². The minimum atomic E-state index is -0.828. The lowest BCUT2D eigenvalue weighted by Crippen LogP contribution is -2.48. The second kappa shape index (κ2) is 6.41. The van der Waals surface area contributed by atoms with E-state index in [1.54, 1.807) is 4.90 Å². The first kappa shape index (κ1) is 14.4. The molecule has 2 amide bonds. The molecule has 0 aromatic heterocycles. The largest absolute Gasteiger partial charge is 0.481 e. The van der Waals surface area contributed by atoms with Gasteiger partial charge in [0.1, 0.15) is 0 Å². The van der Waals surface area contributed by atoms with Gasteiger partial charge in [-0.3, -0.25) is 4.79 Å². The van der Waals surface area contributed by atoms with Gasteiger partial charge in [0.2, 0.25) is 0 Å². The van der Waals surface area contributed by atoms with Crippen LogP contribution in [0.25, 0.3) is 0 Å². The molecule has 0 bridgehead atoms. The Morgan fingerprint density at radius 3 is 2.60 bits per heavy atom. The number of nitrogens with one attached hydrogen (secondary N) is 1. The van der Waals surface area contributed by atoms with Gasteiger partial charge in [0.25, 0.3) is 0 Å². The van der Waals surface area contributed by atoms with E-state index >= 15 is 0 Å². The van der Waals surface area contributed by atoms with Crippen molar-refractivity contribution in [1.29, 1.82) is 0 Å². The molecule has 2 unspecified atom stereocenters. The monoisotopic (exact) mass is 276 g/mol. The topological polar surface area (TPSA) is 69.6 Å². The van der Waals surface area contributed by atoms with Gasteiger partial charge in [0.15, 0.2) is 0 Å². The molecule has 1 saturated heterocycles. The maximum absolute atomic E-state index is 12.2. The molecule has 1 aliphatic rings. The van der Waals surface area contributed by atoms with Crippen molar-refractivity contribution in [3.63, 3.8) is 0 Å². The van der Waals surface area contributed by atoms with Crippen LogP contribution in [-0.2, 0) is 4.79 Å². The number of hydrogen-bond donors (Lipinski definition) is 2. The van der Waals surface area contributed by atoms with Crippen LogP contribution in [0.3, 0.4) is 0 Å². The Balaban J connectivity index is 2.21. The smallest absolute Gasteiger partial charge is 0.317 e. The van der Waals surface area contributed by atoms with Crippen LogP contribution in [0.5, 0.6) is 0 Å². The van der Waals surface area contributed by atoms with E-state index < -0.39 is 11.9 Å². The van der Waals surface area contributed by atoms with Gasteiger partial charge in [-0.2, -0.15) is 0 Å². The van der Waals surface area contributed by atoms with E-state index in [1.165, 1.54) is 0 Å². The molecular formula is C15H20N2O3. The van der Waals surface area contributed by atoms with Gasteiger partial charge >= 0.3 is 12.0 Å². The summed E-state index contributed by atoms with van der Waals surface area (Å²) in [6.07, 6.45) is 1.28. The van der Waals surface area contributed by atoms with E-state index in [1.807, 2.05) is 37.3 Å². The predicted molar refractivity (Wildman–Crippen MR) is 75.3 cm³/mol. The second-order valence-corrected chi connectivity index (χ2v) is 5.03. The molecule has 2 N–H and O–H groups in total. The number of amides is 2. The van der Waals surface area contributed by atoms with Crippen LogP contribution in [0.2, 0.25) is 0 Å². The van der Waals surface area contributed by atoms with E-state index in [2.05, 4.69) is 5.32 Å². The number of rotatable bonds is 3. The van der Waals surface area contributed by atoms with Gasteiger partial charge in [-0.25, -0.2) is 4.79 Å². The Morgan fingerprint density at radius 2 is 2.00 bits per heavy atom. The Kier molecular flexibility index (Phi) is 4.61. The molecule has 1 fully saturated rings. The Morgan fingerprint density at radius 1 is 1.30 bits per heavy atom. The van der Waals surface area contributed by atoms with Crippen LogP contribution >= 0.6 is 0 Å². The number of likely N-dealkylation sites (tertiary alicyclic amines) is 1. The summed E-state index contributed by atoms with van der Waals surface area (Å²) in [7, 11) is 0. The molecule has 20 heavy (non-hydrogen) atoms. The highest BCUT2D eigenvalue weighted by molar-refractivity contribution is 5.77. The number of carboxylic acid groups (broad SMARTS) is 1. The van der Waals surface area contributed by atoms with Crippen molar-refractivity contribution < 1.29 is 14.7 Å². The maximum atomic E-state index is 12.2. The quantitative estimate of drug-likeness (QED) is 0.889. The highest BCUT2D eigenvalue weighted by atomic mass is 16.4. The lowest BCUT2D eigenvalue weighted by atomic mass is 9.89. The third-order valence-corrected chi connectivity index (χ3v) is 3.70. The van der Waals surface area contributed by atoms with Crippen molar-refractivity contribution >= 4 is 12.0 Å². The molecule has 1 heterocycles. The van der Waals surface area contributed by atoms with Crippen molar-refractivity contribution in [2.24, 2.45) is 5.92 Å². The molecule has 5 nitrogen and oxygen atoms in total. The SMILES string of the molecule is CCNC(=O)N1CC(C(=O)O)CCC1c1ccccc1. The zero-order chi connectivity index (χ0) is 14.5. The van der Waals surface area contributed by atoms with E-state index in [-0.39, 0.29) is 18.6 Å². The zero-order valence-electron chi connectivity index (χ0n) is 11.6. The number of carbonyl (C=O) groups excluding carboxylic acids is 1. The summed E-state index contributed by atoms with van der Waals surface area (Å²) >= 11 is 0. The fraction of sp³-hybridized carbons (Fsp3) is 0.467.